The number of aromatic hydroxyl groups is 1. The standard InChI is InChI=1S/C11H12N2OS/c1-2-9-10(13-11(12)15-9)7-4-3-5-8(14)6-7/h3-6,14H,2H2,1H3,(H2,12,13). The van der Waals surface area contributed by atoms with E-state index >= 15 is 0 Å². The molecule has 2 rings (SSSR count). The minimum absolute atomic E-state index is 0.251. The lowest BCUT2D eigenvalue weighted by molar-refractivity contribution is 0.475. The molecule has 0 radical (unpaired) electrons. The largest absolute Gasteiger partial charge is 0.508 e. The summed E-state index contributed by atoms with van der Waals surface area (Å²) in [6, 6.07) is 7.07. The molecule has 0 bridgehead atoms. The number of anilines is 1. The maximum absolute atomic E-state index is 9.39. The Labute approximate surface area is 92.2 Å². The third kappa shape index (κ3) is 1.94. The fraction of sp³-hybridized carbons (Fsp3) is 0.182. The van der Waals surface area contributed by atoms with E-state index in [9.17, 15) is 5.11 Å². The molecule has 0 atom stereocenters. The van der Waals surface area contributed by atoms with Crippen LogP contribution in [-0.2, 0) is 6.42 Å². The van der Waals surface area contributed by atoms with Gasteiger partial charge in [0.05, 0.1) is 5.69 Å². The van der Waals surface area contributed by atoms with Crippen LogP contribution in [0.1, 0.15) is 11.8 Å². The summed E-state index contributed by atoms with van der Waals surface area (Å²) in [5.74, 6) is 0.251. The number of phenols is 1. The van der Waals surface area contributed by atoms with Gasteiger partial charge in [0.1, 0.15) is 5.75 Å². The first-order valence-electron chi connectivity index (χ1n) is 4.75. The van der Waals surface area contributed by atoms with Crippen LogP contribution < -0.4 is 5.73 Å². The summed E-state index contributed by atoms with van der Waals surface area (Å²) in [6.45, 7) is 2.07. The minimum Gasteiger partial charge on any atom is -0.508 e. The summed E-state index contributed by atoms with van der Waals surface area (Å²) >= 11 is 1.50. The van der Waals surface area contributed by atoms with Crippen LogP contribution >= 0.6 is 11.3 Å². The Kier molecular flexibility index (Phi) is 2.60. The highest BCUT2D eigenvalue weighted by Gasteiger charge is 2.10. The third-order valence-corrected chi connectivity index (χ3v) is 3.18. The number of hydrogen-bond acceptors (Lipinski definition) is 4. The number of nitrogens with two attached hydrogens (primary N) is 1. The predicted octanol–water partition coefficient (Wildman–Crippen LogP) is 2.66. The molecule has 0 saturated carbocycles. The van der Waals surface area contributed by atoms with Gasteiger partial charge in [0, 0.05) is 10.4 Å². The van der Waals surface area contributed by atoms with E-state index < -0.39 is 0 Å². The number of nitrogens with zero attached hydrogens (tertiary/aromatic N) is 1. The van der Waals surface area contributed by atoms with Crippen LogP contribution in [0.15, 0.2) is 24.3 Å². The Hall–Kier alpha value is -1.55. The average molecular weight is 220 g/mol. The topological polar surface area (TPSA) is 59.1 Å². The van der Waals surface area contributed by atoms with E-state index in [1.54, 1.807) is 18.2 Å². The van der Waals surface area contributed by atoms with Gasteiger partial charge in [-0.15, -0.1) is 11.3 Å². The van der Waals surface area contributed by atoms with E-state index in [1.165, 1.54) is 11.3 Å². The molecule has 0 fully saturated rings. The summed E-state index contributed by atoms with van der Waals surface area (Å²) in [7, 11) is 0. The van der Waals surface area contributed by atoms with Gasteiger partial charge in [-0.05, 0) is 18.6 Å². The van der Waals surface area contributed by atoms with E-state index in [0.717, 1.165) is 22.6 Å². The lowest BCUT2D eigenvalue weighted by Crippen LogP contribution is -1.85. The molecule has 4 heteroatoms. The molecule has 1 heterocycles. The molecular weight excluding hydrogens is 208 g/mol. The van der Waals surface area contributed by atoms with Crippen molar-refractivity contribution in [3.8, 4) is 17.0 Å². The SMILES string of the molecule is CCc1sc(N)nc1-c1cccc(O)c1. The van der Waals surface area contributed by atoms with Crippen LogP contribution in [-0.4, -0.2) is 10.1 Å². The quantitative estimate of drug-likeness (QED) is 0.818. The Balaban J connectivity index is 2.53. The lowest BCUT2D eigenvalue weighted by atomic mass is 10.1. The maximum atomic E-state index is 9.39. The summed E-state index contributed by atoms with van der Waals surface area (Å²) in [4.78, 5) is 5.43. The number of thiazole rings is 1. The van der Waals surface area contributed by atoms with Crippen molar-refractivity contribution < 1.29 is 5.11 Å². The molecule has 1 aromatic carbocycles. The predicted molar refractivity (Wildman–Crippen MR) is 63.0 cm³/mol. The average Bonchev–Trinajstić information content (AvgIpc) is 2.59. The summed E-state index contributed by atoms with van der Waals surface area (Å²) < 4.78 is 0. The van der Waals surface area contributed by atoms with E-state index in [-0.39, 0.29) is 5.75 Å². The molecule has 0 amide bonds. The molecule has 15 heavy (non-hydrogen) atoms. The van der Waals surface area contributed by atoms with Gasteiger partial charge in [0.2, 0.25) is 0 Å². The second-order valence-electron chi connectivity index (χ2n) is 3.23. The summed E-state index contributed by atoms with van der Waals surface area (Å²) in [6.07, 6.45) is 0.903. The second kappa shape index (κ2) is 3.90. The zero-order valence-electron chi connectivity index (χ0n) is 8.40. The van der Waals surface area contributed by atoms with Gasteiger partial charge in [0.25, 0.3) is 0 Å². The van der Waals surface area contributed by atoms with Crippen molar-refractivity contribution in [3.05, 3.63) is 29.1 Å². The van der Waals surface area contributed by atoms with Crippen molar-refractivity contribution in [2.45, 2.75) is 13.3 Å². The molecule has 0 saturated heterocycles. The number of rotatable bonds is 2. The molecule has 3 nitrogen and oxygen atoms in total. The van der Waals surface area contributed by atoms with Crippen molar-refractivity contribution >= 4 is 16.5 Å². The van der Waals surface area contributed by atoms with Gasteiger partial charge < -0.3 is 10.8 Å². The van der Waals surface area contributed by atoms with Gasteiger partial charge >= 0.3 is 0 Å². The van der Waals surface area contributed by atoms with Crippen LogP contribution in [0.25, 0.3) is 11.3 Å². The molecule has 2 aromatic rings. The Morgan fingerprint density at radius 3 is 2.93 bits per heavy atom. The van der Waals surface area contributed by atoms with Crippen molar-refractivity contribution in [1.29, 1.82) is 0 Å². The summed E-state index contributed by atoms with van der Waals surface area (Å²) in [5, 5.41) is 9.96. The van der Waals surface area contributed by atoms with Crippen LogP contribution in [0.4, 0.5) is 5.13 Å². The number of hydrogen-bond donors (Lipinski definition) is 2. The van der Waals surface area contributed by atoms with Crippen molar-refractivity contribution in [1.82, 2.24) is 4.98 Å². The molecule has 1 aromatic heterocycles. The Morgan fingerprint density at radius 2 is 2.27 bits per heavy atom. The number of aromatic nitrogens is 1. The molecule has 78 valence electrons. The van der Waals surface area contributed by atoms with Crippen molar-refractivity contribution in [2.75, 3.05) is 5.73 Å². The maximum Gasteiger partial charge on any atom is 0.180 e. The van der Waals surface area contributed by atoms with E-state index in [2.05, 4.69) is 11.9 Å². The van der Waals surface area contributed by atoms with Crippen molar-refractivity contribution in [2.24, 2.45) is 0 Å². The van der Waals surface area contributed by atoms with Gasteiger partial charge in [-0.1, -0.05) is 19.1 Å². The first-order valence-corrected chi connectivity index (χ1v) is 5.57. The van der Waals surface area contributed by atoms with Crippen LogP contribution in [0.2, 0.25) is 0 Å². The molecular formula is C11H12N2OS. The fourth-order valence-electron chi connectivity index (χ4n) is 1.49. The van der Waals surface area contributed by atoms with E-state index in [0.29, 0.717) is 5.13 Å². The molecule has 0 aliphatic carbocycles. The molecule has 0 spiro atoms. The van der Waals surface area contributed by atoms with Crippen molar-refractivity contribution in [3.63, 3.8) is 0 Å². The normalized spacial score (nSPS) is 10.5. The first kappa shape index (κ1) is 9.98. The highest BCUT2D eigenvalue weighted by molar-refractivity contribution is 7.15. The van der Waals surface area contributed by atoms with Gasteiger partial charge in [-0.25, -0.2) is 4.98 Å². The van der Waals surface area contributed by atoms with Crippen LogP contribution in [0.3, 0.4) is 0 Å². The van der Waals surface area contributed by atoms with Gasteiger partial charge in [0.15, 0.2) is 5.13 Å². The zero-order valence-corrected chi connectivity index (χ0v) is 9.21. The monoisotopic (exact) mass is 220 g/mol. The Morgan fingerprint density at radius 1 is 1.47 bits per heavy atom. The third-order valence-electron chi connectivity index (χ3n) is 2.15. The Bertz CT molecular complexity index is 479. The molecule has 0 aliphatic rings. The number of phenolic OH excluding ortho intramolecular Hbond substituents is 1. The first-order chi connectivity index (χ1) is 7.20. The highest BCUT2D eigenvalue weighted by Crippen LogP contribution is 2.31. The van der Waals surface area contributed by atoms with Gasteiger partial charge in [-0.2, -0.15) is 0 Å². The van der Waals surface area contributed by atoms with E-state index in [1.807, 2.05) is 6.07 Å². The second-order valence-corrected chi connectivity index (χ2v) is 4.34. The lowest BCUT2D eigenvalue weighted by Gasteiger charge is -2.00. The number of aryl methyl sites for hydroxylation is 1. The minimum atomic E-state index is 0.251. The van der Waals surface area contributed by atoms with E-state index in [4.69, 9.17) is 5.73 Å². The molecule has 0 unspecified atom stereocenters. The summed E-state index contributed by atoms with van der Waals surface area (Å²) in [5.41, 5.74) is 7.48. The number of benzene rings is 1. The zero-order chi connectivity index (χ0) is 10.8. The number of nitrogen functional groups attached to an aromatic ring is 1. The van der Waals surface area contributed by atoms with Gasteiger partial charge in [-0.3, -0.25) is 0 Å². The highest BCUT2D eigenvalue weighted by atomic mass is 32.1. The fourth-order valence-corrected chi connectivity index (χ4v) is 2.28. The smallest absolute Gasteiger partial charge is 0.180 e. The van der Waals surface area contributed by atoms with Crippen LogP contribution in [0, 0.1) is 0 Å². The molecule has 3 N–H and O–H groups in total. The molecule has 0 aliphatic heterocycles. The van der Waals surface area contributed by atoms with Crippen LogP contribution in [0.5, 0.6) is 5.75 Å².